The van der Waals surface area contributed by atoms with E-state index in [4.69, 9.17) is 5.41 Å². The average Bonchev–Trinajstić information content (AvgIpc) is 2.61. The lowest BCUT2D eigenvalue weighted by molar-refractivity contribution is -0.274. The molecule has 0 fully saturated rings. The number of hydrogen-bond donors (Lipinski definition) is 2. The Kier molecular flexibility index (Phi) is 5.84. The number of aromatic nitrogens is 1. The Labute approximate surface area is 153 Å². The van der Waals surface area contributed by atoms with Crippen LogP contribution in [0.2, 0.25) is 0 Å². The molecule has 0 aliphatic heterocycles. The highest BCUT2D eigenvalue weighted by Crippen LogP contribution is 2.27. The Morgan fingerprint density at radius 2 is 1.96 bits per heavy atom. The highest BCUT2D eigenvalue weighted by molar-refractivity contribution is 6.04. The Morgan fingerprint density at radius 3 is 2.48 bits per heavy atom. The predicted molar refractivity (Wildman–Crippen MR) is 96.8 cm³/mol. The second-order valence-corrected chi connectivity index (χ2v) is 5.51. The lowest BCUT2D eigenvalue weighted by Gasteiger charge is -2.18. The molecule has 0 spiro atoms. The van der Waals surface area contributed by atoms with Crippen molar-refractivity contribution in [3.8, 4) is 5.75 Å². The molecule has 1 amide bonds. The van der Waals surface area contributed by atoms with Crippen LogP contribution in [0.5, 0.6) is 5.75 Å². The molecule has 0 saturated carbocycles. The Balaban J connectivity index is 2.26. The van der Waals surface area contributed by atoms with Crippen molar-refractivity contribution < 1.29 is 22.7 Å². The van der Waals surface area contributed by atoms with E-state index in [0.29, 0.717) is 22.8 Å². The lowest BCUT2D eigenvalue weighted by Crippen LogP contribution is -2.24. The SMILES string of the molecule is C=CC(=O)N(C)c1cnc(Nc2ccc(OC(F)(F)F)cc2)c(C(C)=N)c1. The first kappa shape index (κ1) is 20.0. The number of amides is 1. The number of anilines is 3. The molecule has 0 radical (unpaired) electrons. The zero-order valence-corrected chi connectivity index (χ0v) is 14.6. The van der Waals surface area contributed by atoms with Gasteiger partial charge in [0.15, 0.2) is 0 Å². The minimum Gasteiger partial charge on any atom is -0.406 e. The first-order chi connectivity index (χ1) is 12.6. The number of likely N-dealkylation sites (N-methyl/N-ethyl adjacent to an activating group) is 1. The number of nitrogens with zero attached hydrogens (tertiary/aromatic N) is 2. The zero-order valence-electron chi connectivity index (χ0n) is 14.6. The van der Waals surface area contributed by atoms with Crippen molar-refractivity contribution in [3.05, 3.63) is 54.7 Å². The summed E-state index contributed by atoms with van der Waals surface area (Å²) < 4.78 is 40.5. The van der Waals surface area contributed by atoms with Gasteiger partial charge in [-0.15, -0.1) is 13.2 Å². The molecule has 0 atom stereocenters. The molecule has 27 heavy (non-hydrogen) atoms. The van der Waals surface area contributed by atoms with Crippen molar-refractivity contribution in [1.82, 2.24) is 4.98 Å². The van der Waals surface area contributed by atoms with Crippen LogP contribution < -0.4 is 15.0 Å². The minimum absolute atomic E-state index is 0.198. The maximum atomic E-state index is 12.2. The topological polar surface area (TPSA) is 78.3 Å². The van der Waals surface area contributed by atoms with Gasteiger partial charge in [-0.2, -0.15) is 0 Å². The Hall–Kier alpha value is -3.36. The molecule has 9 heteroatoms. The minimum atomic E-state index is -4.76. The molecular weight excluding hydrogens is 361 g/mol. The Bertz CT molecular complexity index is 864. The first-order valence-corrected chi connectivity index (χ1v) is 7.69. The molecule has 2 aromatic rings. The number of rotatable bonds is 6. The highest BCUT2D eigenvalue weighted by atomic mass is 19.4. The number of benzene rings is 1. The van der Waals surface area contributed by atoms with Crippen LogP contribution in [0.15, 0.2) is 49.2 Å². The van der Waals surface area contributed by atoms with Crippen LogP contribution in [0, 0.1) is 5.41 Å². The van der Waals surface area contributed by atoms with E-state index in [9.17, 15) is 18.0 Å². The molecule has 0 aliphatic rings. The van der Waals surface area contributed by atoms with Crippen LogP contribution in [0.25, 0.3) is 0 Å². The summed E-state index contributed by atoms with van der Waals surface area (Å²) in [4.78, 5) is 17.3. The van der Waals surface area contributed by atoms with Crippen LogP contribution >= 0.6 is 0 Å². The van der Waals surface area contributed by atoms with E-state index in [-0.39, 0.29) is 17.4 Å². The third-order valence-electron chi connectivity index (χ3n) is 3.52. The number of halogens is 3. The molecule has 2 rings (SSSR count). The number of alkyl halides is 3. The number of carbonyl (C=O) groups excluding carboxylic acids is 1. The molecule has 1 aromatic heterocycles. The fourth-order valence-electron chi connectivity index (χ4n) is 2.16. The van der Waals surface area contributed by atoms with Gasteiger partial charge in [-0.1, -0.05) is 6.58 Å². The predicted octanol–water partition coefficient (Wildman–Crippen LogP) is 4.26. The fourth-order valence-corrected chi connectivity index (χ4v) is 2.16. The van der Waals surface area contributed by atoms with Gasteiger partial charge < -0.3 is 20.4 Å². The number of hydrogen-bond acceptors (Lipinski definition) is 5. The summed E-state index contributed by atoms with van der Waals surface area (Å²) in [5.41, 5.74) is 1.57. The van der Waals surface area contributed by atoms with E-state index in [0.717, 1.165) is 18.2 Å². The van der Waals surface area contributed by atoms with Crippen molar-refractivity contribution in [1.29, 1.82) is 5.41 Å². The van der Waals surface area contributed by atoms with Crippen molar-refractivity contribution in [2.45, 2.75) is 13.3 Å². The van der Waals surface area contributed by atoms with Crippen molar-refractivity contribution in [2.24, 2.45) is 0 Å². The number of carbonyl (C=O) groups is 1. The first-order valence-electron chi connectivity index (χ1n) is 7.69. The Morgan fingerprint density at radius 1 is 1.33 bits per heavy atom. The van der Waals surface area contributed by atoms with E-state index in [1.807, 2.05) is 0 Å². The normalized spacial score (nSPS) is 10.9. The molecule has 2 N–H and O–H groups in total. The molecular formula is C18H17F3N4O2. The van der Waals surface area contributed by atoms with Crippen LogP contribution in [-0.2, 0) is 4.79 Å². The average molecular weight is 378 g/mol. The second-order valence-electron chi connectivity index (χ2n) is 5.51. The smallest absolute Gasteiger partial charge is 0.406 e. The summed E-state index contributed by atoms with van der Waals surface area (Å²) in [5, 5.41) is 10.9. The third kappa shape index (κ3) is 5.30. The van der Waals surface area contributed by atoms with Crippen LogP contribution in [0.3, 0.4) is 0 Å². The van der Waals surface area contributed by atoms with E-state index < -0.39 is 6.36 Å². The van der Waals surface area contributed by atoms with Gasteiger partial charge in [-0.05, 0) is 43.3 Å². The van der Waals surface area contributed by atoms with Gasteiger partial charge in [0.25, 0.3) is 0 Å². The van der Waals surface area contributed by atoms with Crippen molar-refractivity contribution in [3.63, 3.8) is 0 Å². The molecule has 0 unspecified atom stereocenters. The molecule has 0 aliphatic carbocycles. The van der Waals surface area contributed by atoms with Crippen LogP contribution in [0.1, 0.15) is 12.5 Å². The summed E-state index contributed by atoms with van der Waals surface area (Å²) in [5.74, 6) is -0.342. The molecule has 0 saturated heterocycles. The van der Waals surface area contributed by atoms with E-state index in [2.05, 4.69) is 21.6 Å². The van der Waals surface area contributed by atoms with Crippen molar-refractivity contribution >= 4 is 28.8 Å². The lowest BCUT2D eigenvalue weighted by atomic mass is 10.1. The quantitative estimate of drug-likeness (QED) is 0.582. The maximum Gasteiger partial charge on any atom is 0.573 e. The molecule has 142 valence electrons. The molecule has 6 nitrogen and oxygen atoms in total. The summed E-state index contributed by atoms with van der Waals surface area (Å²) in [6, 6.07) is 6.73. The van der Waals surface area contributed by atoms with E-state index >= 15 is 0 Å². The third-order valence-corrected chi connectivity index (χ3v) is 3.52. The van der Waals surface area contributed by atoms with Gasteiger partial charge in [0.2, 0.25) is 5.91 Å². The standard InChI is InChI=1S/C18H17F3N4O2/c1-4-16(26)25(3)13-9-15(11(2)22)17(23-10-13)24-12-5-7-14(8-6-12)27-18(19,20)21/h4-10,22H,1H2,2-3H3,(H,23,24). The second kappa shape index (κ2) is 7.90. The van der Waals surface area contributed by atoms with E-state index in [1.165, 1.54) is 23.2 Å². The number of nitrogens with one attached hydrogen (secondary N) is 2. The zero-order chi connectivity index (χ0) is 20.2. The van der Waals surface area contributed by atoms with Crippen molar-refractivity contribution in [2.75, 3.05) is 17.3 Å². The molecule has 1 aromatic carbocycles. The molecule has 1 heterocycles. The monoisotopic (exact) mass is 378 g/mol. The number of pyridine rings is 1. The molecule has 0 bridgehead atoms. The van der Waals surface area contributed by atoms with Gasteiger partial charge in [-0.3, -0.25) is 4.79 Å². The van der Waals surface area contributed by atoms with Gasteiger partial charge in [-0.25, -0.2) is 4.98 Å². The highest BCUT2D eigenvalue weighted by Gasteiger charge is 2.30. The maximum absolute atomic E-state index is 12.2. The van der Waals surface area contributed by atoms with Crippen LogP contribution in [0.4, 0.5) is 30.4 Å². The van der Waals surface area contributed by atoms with Gasteiger partial charge >= 0.3 is 6.36 Å². The van der Waals surface area contributed by atoms with Gasteiger partial charge in [0.1, 0.15) is 11.6 Å². The van der Waals surface area contributed by atoms with E-state index in [1.54, 1.807) is 20.0 Å². The summed E-state index contributed by atoms with van der Waals surface area (Å²) >= 11 is 0. The fraction of sp³-hybridized carbons (Fsp3) is 0.167. The number of ether oxygens (including phenoxy) is 1. The van der Waals surface area contributed by atoms with Crippen LogP contribution in [-0.4, -0.2) is 30.0 Å². The van der Waals surface area contributed by atoms with Gasteiger partial charge in [0, 0.05) is 24.0 Å². The summed E-state index contributed by atoms with van der Waals surface area (Å²) in [7, 11) is 1.55. The van der Waals surface area contributed by atoms with Gasteiger partial charge in [0.05, 0.1) is 11.9 Å². The summed E-state index contributed by atoms with van der Waals surface area (Å²) in [6.07, 6.45) is -2.16. The summed E-state index contributed by atoms with van der Waals surface area (Å²) in [6.45, 7) is 4.98. The largest absolute Gasteiger partial charge is 0.573 e.